The van der Waals surface area contributed by atoms with Gasteiger partial charge in [0.05, 0.1) is 0 Å². The van der Waals surface area contributed by atoms with Crippen molar-refractivity contribution in [3.05, 3.63) is 34.6 Å². The summed E-state index contributed by atoms with van der Waals surface area (Å²) in [5, 5.41) is 0.443. The molecule has 0 bridgehead atoms. The van der Waals surface area contributed by atoms with Crippen LogP contribution in [0.25, 0.3) is 0 Å². The van der Waals surface area contributed by atoms with E-state index in [1.165, 1.54) is 6.07 Å². The van der Waals surface area contributed by atoms with Crippen LogP contribution in [-0.4, -0.2) is 5.54 Å². The van der Waals surface area contributed by atoms with E-state index in [2.05, 4.69) is 0 Å². The highest BCUT2D eigenvalue weighted by molar-refractivity contribution is 6.31. The van der Waals surface area contributed by atoms with Crippen molar-refractivity contribution in [1.29, 1.82) is 0 Å². The van der Waals surface area contributed by atoms with Gasteiger partial charge in [0.25, 0.3) is 0 Å². The third kappa shape index (κ3) is 2.98. The third-order valence-electron chi connectivity index (χ3n) is 1.69. The lowest BCUT2D eigenvalue weighted by atomic mass is 9.96. The minimum Gasteiger partial charge on any atom is -0.325 e. The highest BCUT2D eigenvalue weighted by Gasteiger charge is 2.16. The first-order valence-electron chi connectivity index (χ1n) is 4.12. The Balaban J connectivity index is 3.00. The first kappa shape index (κ1) is 10.5. The Morgan fingerprint density at radius 3 is 2.54 bits per heavy atom. The SMILES string of the molecule is CC(C)(N)Cc1c(F)cccc1Cl. The molecule has 1 aromatic carbocycles. The quantitative estimate of drug-likeness (QED) is 0.783. The molecule has 0 heterocycles. The predicted octanol–water partition coefficient (Wildman–Crippen LogP) is 2.76. The molecule has 0 saturated carbocycles. The summed E-state index contributed by atoms with van der Waals surface area (Å²) in [5.41, 5.74) is 5.84. The monoisotopic (exact) mass is 201 g/mol. The van der Waals surface area contributed by atoms with Gasteiger partial charge in [-0.1, -0.05) is 17.7 Å². The molecule has 0 saturated heterocycles. The number of hydrogen-bond acceptors (Lipinski definition) is 1. The lowest BCUT2D eigenvalue weighted by molar-refractivity contribution is 0.497. The second kappa shape index (κ2) is 3.64. The maximum atomic E-state index is 13.2. The molecule has 3 heteroatoms. The molecule has 13 heavy (non-hydrogen) atoms. The van der Waals surface area contributed by atoms with Crippen LogP contribution in [-0.2, 0) is 6.42 Å². The second-order valence-electron chi connectivity index (χ2n) is 3.87. The van der Waals surface area contributed by atoms with Gasteiger partial charge in [-0.15, -0.1) is 0 Å². The second-order valence-corrected chi connectivity index (χ2v) is 4.27. The molecule has 1 rings (SSSR count). The van der Waals surface area contributed by atoms with Crippen LogP contribution in [0.3, 0.4) is 0 Å². The van der Waals surface area contributed by atoms with E-state index >= 15 is 0 Å². The van der Waals surface area contributed by atoms with Crippen molar-refractivity contribution < 1.29 is 4.39 Å². The number of hydrogen-bond donors (Lipinski definition) is 1. The van der Waals surface area contributed by atoms with Crippen molar-refractivity contribution in [2.45, 2.75) is 25.8 Å². The molecule has 0 fully saturated rings. The summed E-state index contributed by atoms with van der Waals surface area (Å²) < 4.78 is 13.2. The average molecular weight is 202 g/mol. The Morgan fingerprint density at radius 1 is 1.46 bits per heavy atom. The van der Waals surface area contributed by atoms with Crippen LogP contribution >= 0.6 is 11.6 Å². The summed E-state index contributed by atoms with van der Waals surface area (Å²) >= 11 is 5.84. The van der Waals surface area contributed by atoms with Crippen molar-refractivity contribution in [3.63, 3.8) is 0 Å². The predicted molar refractivity (Wildman–Crippen MR) is 53.4 cm³/mol. The van der Waals surface area contributed by atoms with E-state index in [0.717, 1.165) is 0 Å². The van der Waals surface area contributed by atoms with Crippen molar-refractivity contribution >= 4 is 11.6 Å². The van der Waals surface area contributed by atoms with Crippen LogP contribution in [0.5, 0.6) is 0 Å². The van der Waals surface area contributed by atoms with E-state index in [1.54, 1.807) is 12.1 Å². The fourth-order valence-corrected chi connectivity index (χ4v) is 1.39. The van der Waals surface area contributed by atoms with Gasteiger partial charge in [0.2, 0.25) is 0 Å². The van der Waals surface area contributed by atoms with E-state index in [-0.39, 0.29) is 5.82 Å². The van der Waals surface area contributed by atoms with Gasteiger partial charge in [-0.2, -0.15) is 0 Å². The molecular formula is C10H13ClFN. The summed E-state index contributed by atoms with van der Waals surface area (Å²) in [4.78, 5) is 0. The first-order valence-corrected chi connectivity index (χ1v) is 4.50. The number of rotatable bonds is 2. The number of halogens is 2. The standard InChI is InChI=1S/C10H13ClFN/c1-10(2,13)6-7-8(11)4-3-5-9(7)12/h3-5H,6,13H2,1-2H3. The minimum atomic E-state index is -0.439. The van der Waals surface area contributed by atoms with Crippen LogP contribution in [0.2, 0.25) is 5.02 Å². The lowest BCUT2D eigenvalue weighted by Gasteiger charge is -2.19. The number of benzene rings is 1. The fraction of sp³-hybridized carbons (Fsp3) is 0.400. The summed E-state index contributed by atoms with van der Waals surface area (Å²) in [5.74, 6) is -0.286. The van der Waals surface area contributed by atoms with Crippen LogP contribution in [0.1, 0.15) is 19.4 Å². The van der Waals surface area contributed by atoms with Gasteiger partial charge in [-0.3, -0.25) is 0 Å². The maximum Gasteiger partial charge on any atom is 0.127 e. The van der Waals surface area contributed by atoms with Gasteiger partial charge in [0, 0.05) is 16.1 Å². The summed E-state index contributed by atoms with van der Waals surface area (Å²) in [7, 11) is 0. The Bertz CT molecular complexity index is 284. The Kier molecular flexibility index (Phi) is 2.94. The van der Waals surface area contributed by atoms with Crippen molar-refractivity contribution in [1.82, 2.24) is 0 Å². The molecule has 1 aromatic rings. The summed E-state index contributed by atoms with van der Waals surface area (Å²) in [6, 6.07) is 4.66. The molecule has 0 aliphatic rings. The van der Waals surface area contributed by atoms with E-state index in [0.29, 0.717) is 17.0 Å². The molecule has 72 valence electrons. The van der Waals surface area contributed by atoms with E-state index in [9.17, 15) is 4.39 Å². The highest BCUT2D eigenvalue weighted by Crippen LogP contribution is 2.22. The largest absolute Gasteiger partial charge is 0.325 e. The molecule has 0 aromatic heterocycles. The molecule has 0 aliphatic heterocycles. The van der Waals surface area contributed by atoms with Crippen molar-refractivity contribution in [3.8, 4) is 0 Å². The first-order chi connectivity index (χ1) is 5.90. The maximum absolute atomic E-state index is 13.2. The zero-order valence-corrected chi connectivity index (χ0v) is 8.53. The zero-order chi connectivity index (χ0) is 10.1. The zero-order valence-electron chi connectivity index (χ0n) is 7.77. The average Bonchev–Trinajstić information content (AvgIpc) is 1.95. The Labute approximate surface area is 82.7 Å². The summed E-state index contributed by atoms with van der Waals surface area (Å²) in [6.07, 6.45) is 0.443. The Hall–Kier alpha value is -0.600. The summed E-state index contributed by atoms with van der Waals surface area (Å²) in [6.45, 7) is 3.69. The van der Waals surface area contributed by atoms with Gasteiger partial charge in [0.15, 0.2) is 0 Å². The fourth-order valence-electron chi connectivity index (χ4n) is 1.16. The highest BCUT2D eigenvalue weighted by atomic mass is 35.5. The van der Waals surface area contributed by atoms with Crippen molar-refractivity contribution in [2.75, 3.05) is 0 Å². The van der Waals surface area contributed by atoms with E-state index in [1.807, 2.05) is 13.8 Å². The molecule has 0 aliphatic carbocycles. The van der Waals surface area contributed by atoms with Gasteiger partial charge >= 0.3 is 0 Å². The third-order valence-corrected chi connectivity index (χ3v) is 2.05. The Morgan fingerprint density at radius 2 is 2.08 bits per heavy atom. The van der Waals surface area contributed by atoms with Gasteiger partial charge in [-0.25, -0.2) is 4.39 Å². The van der Waals surface area contributed by atoms with Crippen LogP contribution in [0, 0.1) is 5.82 Å². The van der Waals surface area contributed by atoms with Gasteiger partial charge in [-0.05, 0) is 32.4 Å². The molecule has 0 spiro atoms. The topological polar surface area (TPSA) is 26.0 Å². The molecule has 0 radical (unpaired) electrons. The van der Waals surface area contributed by atoms with Gasteiger partial charge < -0.3 is 5.73 Å². The van der Waals surface area contributed by atoms with Crippen LogP contribution < -0.4 is 5.73 Å². The normalized spacial score (nSPS) is 11.8. The molecule has 1 nitrogen and oxygen atoms in total. The molecule has 0 atom stereocenters. The molecular weight excluding hydrogens is 189 g/mol. The van der Waals surface area contributed by atoms with Gasteiger partial charge in [0.1, 0.15) is 5.82 Å². The molecule has 0 unspecified atom stereocenters. The molecule has 0 amide bonds. The molecule has 2 N–H and O–H groups in total. The number of nitrogens with two attached hydrogens (primary N) is 1. The smallest absolute Gasteiger partial charge is 0.127 e. The van der Waals surface area contributed by atoms with Crippen LogP contribution in [0.4, 0.5) is 4.39 Å². The minimum absolute atomic E-state index is 0.286. The van der Waals surface area contributed by atoms with E-state index in [4.69, 9.17) is 17.3 Å². The lowest BCUT2D eigenvalue weighted by Crippen LogP contribution is -2.34. The van der Waals surface area contributed by atoms with E-state index < -0.39 is 5.54 Å². The van der Waals surface area contributed by atoms with Crippen LogP contribution in [0.15, 0.2) is 18.2 Å². The van der Waals surface area contributed by atoms with Crippen molar-refractivity contribution in [2.24, 2.45) is 5.73 Å².